The van der Waals surface area contributed by atoms with Crippen molar-refractivity contribution in [2.75, 3.05) is 75.8 Å². The van der Waals surface area contributed by atoms with Gasteiger partial charge >= 0.3 is 0 Å². The average molecular weight is 515 g/mol. The van der Waals surface area contributed by atoms with Gasteiger partial charge in [-0.1, -0.05) is 19.9 Å². The van der Waals surface area contributed by atoms with E-state index in [1.54, 1.807) is 11.9 Å². The van der Waals surface area contributed by atoms with Crippen molar-refractivity contribution >= 4 is 35.3 Å². The van der Waals surface area contributed by atoms with Crippen molar-refractivity contribution in [3.05, 3.63) is 29.8 Å². The molecule has 0 atom stereocenters. The Labute approximate surface area is 216 Å². The van der Waals surface area contributed by atoms with Gasteiger partial charge in [0.05, 0.1) is 0 Å². The van der Waals surface area contributed by atoms with Crippen LogP contribution in [-0.2, 0) is 14.2 Å². The Kier molecular flexibility index (Phi) is 20.6. The van der Waals surface area contributed by atoms with E-state index < -0.39 is 0 Å². The molecule has 0 aliphatic carbocycles. The molecule has 1 aromatic rings. The van der Waals surface area contributed by atoms with Gasteiger partial charge in [0.2, 0.25) is 0 Å². The summed E-state index contributed by atoms with van der Waals surface area (Å²) in [4.78, 5) is 12.9. The molecule has 1 rings (SSSR count). The molecule has 6 nitrogen and oxygen atoms in total. The third-order valence-corrected chi connectivity index (χ3v) is 6.49. The van der Waals surface area contributed by atoms with Gasteiger partial charge in [0.1, 0.15) is 0 Å². The fourth-order valence-electron chi connectivity index (χ4n) is 3.18. The number of rotatable bonds is 23. The number of unbranched alkanes of at least 4 members (excludes halogenated alkanes) is 1. The van der Waals surface area contributed by atoms with Crippen molar-refractivity contribution in [3.8, 4) is 0 Å². The summed E-state index contributed by atoms with van der Waals surface area (Å²) < 4.78 is 18.6. The number of benzene rings is 1. The normalized spacial score (nSPS) is 11.0. The topological polar surface area (TPSA) is 60.0 Å². The van der Waals surface area contributed by atoms with E-state index in [4.69, 9.17) is 14.2 Å². The van der Waals surface area contributed by atoms with Gasteiger partial charge in [0, 0.05) is 69.7 Å². The Balaban J connectivity index is 2.13. The molecule has 0 aliphatic rings. The molecule has 0 radical (unpaired) electrons. The standard InChI is InChI=1S/C26H46N2O4S2/c1-4-16-30-18-10-20-32-21-11-19-31-17-7-6-14-27-25-13-8-12-24(23-25)26(29)28(34-5-2)15-9-22-33-3/h8,12-13,23,27H,4-7,9-11,14-22H2,1-3H3. The zero-order valence-electron chi connectivity index (χ0n) is 21.5. The number of anilines is 1. The molecule has 0 bridgehead atoms. The van der Waals surface area contributed by atoms with E-state index in [0.29, 0.717) is 0 Å². The zero-order valence-corrected chi connectivity index (χ0v) is 23.2. The van der Waals surface area contributed by atoms with Gasteiger partial charge in [-0.25, -0.2) is 0 Å². The Morgan fingerprint density at radius 3 is 2.24 bits per heavy atom. The lowest BCUT2D eigenvalue weighted by molar-refractivity contribution is 0.0629. The molecule has 0 saturated heterocycles. The quantitative estimate of drug-likeness (QED) is 0.142. The third kappa shape index (κ3) is 15.9. The SMILES string of the molecule is CCCOCCCOCCCOCCCCNc1cccc(C(=O)N(CCCSC)SCC)c1. The van der Waals surface area contributed by atoms with Crippen LogP contribution in [0.4, 0.5) is 5.69 Å². The van der Waals surface area contributed by atoms with Crippen LogP contribution in [0.5, 0.6) is 0 Å². The first-order chi connectivity index (χ1) is 16.7. The van der Waals surface area contributed by atoms with Crippen LogP contribution < -0.4 is 5.32 Å². The Morgan fingerprint density at radius 1 is 0.912 bits per heavy atom. The van der Waals surface area contributed by atoms with Crippen LogP contribution in [0.2, 0.25) is 0 Å². The minimum Gasteiger partial charge on any atom is -0.385 e. The number of hydrogen-bond acceptors (Lipinski definition) is 7. The summed E-state index contributed by atoms with van der Waals surface area (Å²) in [5, 5.41) is 3.44. The van der Waals surface area contributed by atoms with Crippen molar-refractivity contribution in [2.24, 2.45) is 0 Å². The van der Waals surface area contributed by atoms with Crippen molar-refractivity contribution in [3.63, 3.8) is 0 Å². The molecule has 1 aromatic carbocycles. The Bertz CT molecular complexity index is 622. The summed E-state index contributed by atoms with van der Waals surface area (Å²) >= 11 is 3.42. The van der Waals surface area contributed by atoms with E-state index in [0.717, 1.165) is 114 Å². The molecule has 1 amide bonds. The van der Waals surface area contributed by atoms with E-state index in [-0.39, 0.29) is 5.91 Å². The van der Waals surface area contributed by atoms with Gasteiger partial charge in [0.25, 0.3) is 5.91 Å². The molecule has 196 valence electrons. The first-order valence-corrected chi connectivity index (χ1v) is 15.1. The van der Waals surface area contributed by atoms with E-state index >= 15 is 0 Å². The molecular formula is C26H46N2O4S2. The molecule has 0 fully saturated rings. The molecule has 0 saturated carbocycles. The minimum atomic E-state index is 0.0961. The van der Waals surface area contributed by atoms with Gasteiger partial charge in [-0.2, -0.15) is 11.8 Å². The molecule has 0 spiro atoms. The number of nitrogens with zero attached hydrogens (tertiary/aromatic N) is 1. The molecule has 34 heavy (non-hydrogen) atoms. The summed E-state index contributed by atoms with van der Waals surface area (Å²) in [7, 11) is 0. The lowest BCUT2D eigenvalue weighted by atomic mass is 10.2. The summed E-state index contributed by atoms with van der Waals surface area (Å²) in [6.45, 7) is 10.5. The van der Waals surface area contributed by atoms with Gasteiger partial charge in [-0.05, 0) is 80.7 Å². The second-order valence-corrected chi connectivity index (χ2v) is 10.2. The molecule has 0 aromatic heterocycles. The maximum atomic E-state index is 12.9. The second-order valence-electron chi connectivity index (χ2n) is 7.93. The number of amides is 1. The smallest absolute Gasteiger partial charge is 0.263 e. The van der Waals surface area contributed by atoms with Crippen LogP contribution in [-0.4, -0.2) is 80.7 Å². The Morgan fingerprint density at radius 2 is 1.59 bits per heavy atom. The van der Waals surface area contributed by atoms with Crippen LogP contribution in [0.25, 0.3) is 0 Å². The highest BCUT2D eigenvalue weighted by atomic mass is 32.2. The van der Waals surface area contributed by atoms with Crippen LogP contribution in [0.15, 0.2) is 24.3 Å². The average Bonchev–Trinajstić information content (AvgIpc) is 2.85. The highest BCUT2D eigenvalue weighted by Crippen LogP contribution is 2.19. The van der Waals surface area contributed by atoms with Crippen molar-refractivity contribution in [1.29, 1.82) is 0 Å². The highest BCUT2D eigenvalue weighted by molar-refractivity contribution is 7.98. The molecule has 1 N–H and O–H groups in total. The first-order valence-electron chi connectivity index (χ1n) is 12.7. The number of thioether (sulfide) groups is 1. The third-order valence-electron chi connectivity index (χ3n) is 4.88. The van der Waals surface area contributed by atoms with E-state index in [9.17, 15) is 4.79 Å². The zero-order chi connectivity index (χ0) is 24.7. The molecule has 0 aliphatic heterocycles. The first kappa shape index (κ1) is 31.1. The summed E-state index contributed by atoms with van der Waals surface area (Å²) in [5.41, 5.74) is 1.74. The van der Waals surface area contributed by atoms with Gasteiger partial charge in [0.15, 0.2) is 0 Å². The number of carbonyl (C=O) groups is 1. The van der Waals surface area contributed by atoms with Crippen LogP contribution in [0.3, 0.4) is 0 Å². The summed E-state index contributed by atoms with van der Waals surface area (Å²) in [6, 6.07) is 7.85. The fraction of sp³-hybridized carbons (Fsp3) is 0.731. The molecule has 0 unspecified atom stereocenters. The van der Waals surface area contributed by atoms with Gasteiger partial charge < -0.3 is 19.5 Å². The lowest BCUT2D eigenvalue weighted by Gasteiger charge is -2.21. The number of nitrogens with one attached hydrogen (secondary N) is 1. The largest absolute Gasteiger partial charge is 0.385 e. The van der Waals surface area contributed by atoms with Crippen LogP contribution >= 0.6 is 23.7 Å². The van der Waals surface area contributed by atoms with Crippen molar-refractivity contribution in [1.82, 2.24) is 4.31 Å². The predicted molar refractivity (Wildman–Crippen MR) is 148 cm³/mol. The summed E-state index contributed by atoms with van der Waals surface area (Å²) in [6.07, 6.45) is 8.11. The predicted octanol–water partition coefficient (Wildman–Crippen LogP) is 5.98. The minimum absolute atomic E-state index is 0.0961. The van der Waals surface area contributed by atoms with E-state index in [2.05, 4.69) is 25.4 Å². The summed E-state index contributed by atoms with van der Waals surface area (Å²) in [5.74, 6) is 2.06. The maximum absolute atomic E-state index is 12.9. The molecular weight excluding hydrogens is 468 g/mol. The monoisotopic (exact) mass is 514 g/mol. The van der Waals surface area contributed by atoms with Gasteiger partial charge in [-0.15, -0.1) is 0 Å². The van der Waals surface area contributed by atoms with Gasteiger partial charge in [-0.3, -0.25) is 9.10 Å². The maximum Gasteiger partial charge on any atom is 0.263 e. The molecule has 8 heteroatoms. The van der Waals surface area contributed by atoms with E-state index in [1.807, 2.05) is 40.3 Å². The fourth-order valence-corrected chi connectivity index (χ4v) is 4.39. The lowest BCUT2D eigenvalue weighted by Crippen LogP contribution is -2.26. The Hall–Kier alpha value is -0.930. The van der Waals surface area contributed by atoms with Crippen LogP contribution in [0, 0.1) is 0 Å². The highest BCUT2D eigenvalue weighted by Gasteiger charge is 2.16. The van der Waals surface area contributed by atoms with E-state index in [1.165, 1.54) is 0 Å². The van der Waals surface area contributed by atoms with Crippen molar-refractivity contribution in [2.45, 2.75) is 52.4 Å². The number of ether oxygens (including phenoxy) is 3. The van der Waals surface area contributed by atoms with Crippen LogP contribution in [0.1, 0.15) is 62.7 Å². The number of carbonyl (C=O) groups excluding carboxylic acids is 1. The molecule has 0 heterocycles. The number of hydrogen-bond donors (Lipinski definition) is 1. The van der Waals surface area contributed by atoms with Crippen molar-refractivity contribution < 1.29 is 19.0 Å². The second kappa shape index (κ2) is 22.5.